The van der Waals surface area contributed by atoms with Crippen molar-refractivity contribution in [2.24, 2.45) is 7.05 Å². The smallest absolute Gasteiger partial charge is 0.410 e. The normalized spacial score (nSPS) is 14.2. The molecule has 10 heteroatoms. The first-order valence-electron chi connectivity index (χ1n) is 10.9. The monoisotopic (exact) mass is 522 g/mol. The van der Waals surface area contributed by atoms with Crippen LogP contribution in [0.25, 0.3) is 0 Å². The van der Waals surface area contributed by atoms with Crippen molar-refractivity contribution in [2.45, 2.75) is 39.9 Å². The first-order valence-corrected chi connectivity index (χ1v) is 11.7. The lowest BCUT2D eigenvalue weighted by Crippen LogP contribution is -2.50. The third-order valence-electron chi connectivity index (χ3n) is 5.03. The first kappa shape index (κ1) is 24.9. The SMILES string of the molecule is CCOC(=O)c1c(Br)c(COc2ccc(N3CCN(C(=O)OC(C)(C)C)CC3)cc2)nn1C. The molecule has 0 bridgehead atoms. The molecule has 3 rings (SSSR count). The molecule has 1 saturated heterocycles. The summed E-state index contributed by atoms with van der Waals surface area (Å²) in [5.74, 6) is 0.267. The highest BCUT2D eigenvalue weighted by molar-refractivity contribution is 9.10. The molecular weight excluding hydrogens is 492 g/mol. The molecule has 1 fully saturated rings. The Hall–Kier alpha value is -2.75. The van der Waals surface area contributed by atoms with E-state index in [-0.39, 0.29) is 12.7 Å². The number of carbonyl (C=O) groups excluding carboxylic acids is 2. The lowest BCUT2D eigenvalue weighted by Gasteiger charge is -2.36. The quantitative estimate of drug-likeness (QED) is 0.530. The van der Waals surface area contributed by atoms with Gasteiger partial charge in [-0.2, -0.15) is 5.10 Å². The van der Waals surface area contributed by atoms with Gasteiger partial charge in [0.15, 0.2) is 5.69 Å². The molecule has 180 valence electrons. The van der Waals surface area contributed by atoms with Gasteiger partial charge >= 0.3 is 12.1 Å². The number of piperazine rings is 1. The molecular formula is C23H31BrN4O5. The van der Waals surface area contributed by atoms with Crippen LogP contribution in [0.4, 0.5) is 10.5 Å². The van der Waals surface area contributed by atoms with Gasteiger partial charge in [0, 0.05) is 38.9 Å². The van der Waals surface area contributed by atoms with Gasteiger partial charge in [-0.25, -0.2) is 9.59 Å². The zero-order valence-corrected chi connectivity index (χ0v) is 21.3. The summed E-state index contributed by atoms with van der Waals surface area (Å²) in [5, 5.41) is 4.36. The molecule has 0 unspecified atom stereocenters. The van der Waals surface area contributed by atoms with Crippen LogP contribution in [0.3, 0.4) is 0 Å². The Morgan fingerprint density at radius 3 is 2.30 bits per heavy atom. The van der Waals surface area contributed by atoms with Crippen LogP contribution in [0.1, 0.15) is 43.9 Å². The molecule has 0 atom stereocenters. The maximum Gasteiger partial charge on any atom is 0.410 e. The van der Waals surface area contributed by atoms with Gasteiger partial charge in [-0.15, -0.1) is 0 Å². The van der Waals surface area contributed by atoms with Gasteiger partial charge in [0.05, 0.1) is 11.1 Å². The molecule has 33 heavy (non-hydrogen) atoms. The minimum Gasteiger partial charge on any atom is -0.487 e. The second-order valence-electron chi connectivity index (χ2n) is 8.69. The zero-order chi connectivity index (χ0) is 24.2. The number of esters is 1. The molecule has 2 heterocycles. The zero-order valence-electron chi connectivity index (χ0n) is 19.8. The topological polar surface area (TPSA) is 86.1 Å². The molecule has 2 aromatic rings. The fraction of sp³-hybridized carbons (Fsp3) is 0.522. The third-order valence-corrected chi connectivity index (χ3v) is 5.87. The second-order valence-corrected chi connectivity index (χ2v) is 9.48. The van der Waals surface area contributed by atoms with Crippen LogP contribution in [0.2, 0.25) is 0 Å². The van der Waals surface area contributed by atoms with Crippen LogP contribution in [0.15, 0.2) is 28.7 Å². The highest BCUT2D eigenvalue weighted by atomic mass is 79.9. The Bertz CT molecular complexity index is 976. The summed E-state index contributed by atoms with van der Waals surface area (Å²) in [5.41, 5.74) is 1.55. The van der Waals surface area contributed by atoms with Crippen molar-refractivity contribution in [3.8, 4) is 5.75 Å². The van der Waals surface area contributed by atoms with E-state index in [4.69, 9.17) is 14.2 Å². The highest BCUT2D eigenvalue weighted by Gasteiger charge is 2.26. The van der Waals surface area contributed by atoms with Crippen LogP contribution in [0, 0.1) is 0 Å². The number of aryl methyl sites for hydroxylation is 1. The molecule has 0 aliphatic carbocycles. The van der Waals surface area contributed by atoms with Gasteiger partial charge in [0.25, 0.3) is 0 Å². The number of anilines is 1. The fourth-order valence-corrected chi connectivity index (χ4v) is 4.06. The average molecular weight is 523 g/mol. The van der Waals surface area contributed by atoms with Crippen molar-refractivity contribution < 1.29 is 23.8 Å². The van der Waals surface area contributed by atoms with Crippen LogP contribution in [0.5, 0.6) is 5.75 Å². The maximum absolute atomic E-state index is 12.2. The van der Waals surface area contributed by atoms with Gasteiger partial charge < -0.3 is 24.0 Å². The molecule has 0 radical (unpaired) electrons. The summed E-state index contributed by atoms with van der Waals surface area (Å²) in [7, 11) is 1.69. The number of nitrogens with zero attached hydrogens (tertiary/aromatic N) is 4. The van der Waals surface area contributed by atoms with Crippen LogP contribution >= 0.6 is 15.9 Å². The summed E-state index contributed by atoms with van der Waals surface area (Å²) in [6.45, 7) is 10.6. The van der Waals surface area contributed by atoms with Crippen molar-refractivity contribution in [3.05, 3.63) is 40.1 Å². The lowest BCUT2D eigenvalue weighted by molar-refractivity contribution is 0.0240. The number of amides is 1. The predicted molar refractivity (Wildman–Crippen MR) is 128 cm³/mol. The minimum atomic E-state index is -0.491. The van der Waals surface area contributed by atoms with E-state index in [1.165, 1.54) is 4.68 Å². The van der Waals surface area contributed by atoms with Crippen LogP contribution in [-0.2, 0) is 23.1 Å². The number of aromatic nitrogens is 2. The van der Waals surface area contributed by atoms with E-state index in [0.29, 0.717) is 41.3 Å². The Balaban J connectivity index is 1.54. The number of ether oxygens (including phenoxy) is 3. The van der Waals surface area contributed by atoms with Gasteiger partial charge in [-0.05, 0) is 67.9 Å². The molecule has 0 N–H and O–H groups in total. The third kappa shape index (κ3) is 6.40. The Kier molecular flexibility index (Phi) is 7.88. The molecule has 9 nitrogen and oxygen atoms in total. The Morgan fingerprint density at radius 2 is 1.73 bits per heavy atom. The van der Waals surface area contributed by atoms with E-state index in [1.54, 1.807) is 18.9 Å². The van der Waals surface area contributed by atoms with Gasteiger partial charge in [0.2, 0.25) is 0 Å². The molecule has 0 saturated carbocycles. The molecule has 1 aliphatic rings. The number of halogens is 1. The van der Waals surface area contributed by atoms with E-state index in [9.17, 15) is 9.59 Å². The fourth-order valence-electron chi connectivity index (χ4n) is 3.45. The van der Waals surface area contributed by atoms with E-state index in [2.05, 4.69) is 25.9 Å². The largest absolute Gasteiger partial charge is 0.487 e. The second kappa shape index (κ2) is 10.5. The Labute approximate surface area is 202 Å². The van der Waals surface area contributed by atoms with Crippen LogP contribution < -0.4 is 9.64 Å². The van der Waals surface area contributed by atoms with Crippen molar-refractivity contribution in [1.29, 1.82) is 0 Å². The van der Waals surface area contributed by atoms with E-state index in [0.717, 1.165) is 18.8 Å². The number of hydrogen-bond acceptors (Lipinski definition) is 7. The average Bonchev–Trinajstić information content (AvgIpc) is 3.05. The maximum atomic E-state index is 12.2. The van der Waals surface area contributed by atoms with Crippen molar-refractivity contribution in [2.75, 3.05) is 37.7 Å². The summed E-state index contributed by atoms with van der Waals surface area (Å²) in [6, 6.07) is 7.79. The van der Waals surface area contributed by atoms with Crippen molar-refractivity contribution >= 4 is 33.7 Å². The van der Waals surface area contributed by atoms with Crippen LogP contribution in [-0.4, -0.2) is 65.1 Å². The highest BCUT2D eigenvalue weighted by Crippen LogP contribution is 2.25. The predicted octanol–water partition coefficient (Wildman–Crippen LogP) is 4.00. The minimum absolute atomic E-state index is 0.210. The number of benzene rings is 1. The molecule has 1 aromatic heterocycles. The van der Waals surface area contributed by atoms with E-state index >= 15 is 0 Å². The summed E-state index contributed by atoms with van der Waals surface area (Å²) in [6.07, 6.45) is -0.266. The van der Waals surface area contributed by atoms with E-state index in [1.807, 2.05) is 45.0 Å². The van der Waals surface area contributed by atoms with Gasteiger partial charge in [-0.1, -0.05) is 0 Å². The molecule has 1 amide bonds. The standard InChI is InChI=1S/C23H31BrN4O5/c1-6-31-21(29)20-19(24)18(25-26(20)5)15-32-17-9-7-16(8-10-17)27-11-13-28(14-12-27)22(30)33-23(2,3)4/h7-10H,6,11-15H2,1-5H3. The van der Waals surface area contributed by atoms with E-state index < -0.39 is 11.6 Å². The van der Waals surface area contributed by atoms with Gasteiger partial charge in [-0.3, -0.25) is 4.68 Å². The van der Waals surface area contributed by atoms with Crippen molar-refractivity contribution in [3.63, 3.8) is 0 Å². The number of carbonyl (C=O) groups is 2. The number of hydrogen-bond donors (Lipinski definition) is 0. The summed E-state index contributed by atoms with van der Waals surface area (Å²) < 4.78 is 18.5. The molecule has 1 aliphatic heterocycles. The molecule has 0 spiro atoms. The number of rotatable bonds is 6. The Morgan fingerprint density at radius 1 is 1.09 bits per heavy atom. The van der Waals surface area contributed by atoms with Crippen molar-refractivity contribution in [1.82, 2.24) is 14.7 Å². The summed E-state index contributed by atoms with van der Waals surface area (Å²) in [4.78, 5) is 28.3. The summed E-state index contributed by atoms with van der Waals surface area (Å²) >= 11 is 3.43. The molecule has 1 aromatic carbocycles. The lowest BCUT2D eigenvalue weighted by atomic mass is 10.2. The first-order chi connectivity index (χ1) is 15.6. The van der Waals surface area contributed by atoms with Gasteiger partial charge in [0.1, 0.15) is 23.7 Å².